The van der Waals surface area contributed by atoms with Crippen LogP contribution in [0.1, 0.15) is 27.2 Å². The van der Waals surface area contributed by atoms with Gasteiger partial charge in [-0.2, -0.15) is 0 Å². The number of nitrogens with one attached hydrogen (secondary N) is 2. The molecule has 0 aliphatic heterocycles. The lowest BCUT2D eigenvalue weighted by atomic mass is 10.3. The molecule has 0 aliphatic carbocycles. The third-order valence-corrected chi connectivity index (χ3v) is 3.00. The average Bonchev–Trinajstić information content (AvgIpc) is 2.52. The maximum atomic E-state index is 12.8. The monoisotopic (exact) mass is 325 g/mol. The SMILES string of the molecule is CN=C(NCCCOC(C)C)NCC(C)Oc1ccc(F)cc1. The van der Waals surface area contributed by atoms with Gasteiger partial charge < -0.3 is 20.1 Å². The lowest BCUT2D eigenvalue weighted by molar-refractivity contribution is 0.0776. The smallest absolute Gasteiger partial charge is 0.191 e. The van der Waals surface area contributed by atoms with Crippen LogP contribution in [0, 0.1) is 5.82 Å². The minimum Gasteiger partial charge on any atom is -0.489 e. The van der Waals surface area contributed by atoms with Gasteiger partial charge in [0.2, 0.25) is 0 Å². The van der Waals surface area contributed by atoms with Crippen LogP contribution in [0.5, 0.6) is 5.75 Å². The van der Waals surface area contributed by atoms with Crippen molar-refractivity contribution in [2.75, 3.05) is 26.7 Å². The highest BCUT2D eigenvalue weighted by molar-refractivity contribution is 5.79. The molecular weight excluding hydrogens is 297 g/mol. The van der Waals surface area contributed by atoms with Crippen molar-refractivity contribution in [2.24, 2.45) is 4.99 Å². The van der Waals surface area contributed by atoms with Gasteiger partial charge in [-0.25, -0.2) is 4.39 Å². The third kappa shape index (κ3) is 9.03. The van der Waals surface area contributed by atoms with Gasteiger partial charge in [-0.3, -0.25) is 4.99 Å². The zero-order valence-electron chi connectivity index (χ0n) is 14.4. The molecule has 6 heteroatoms. The Labute approximate surface area is 138 Å². The zero-order chi connectivity index (χ0) is 17.1. The van der Waals surface area contributed by atoms with Gasteiger partial charge in [0.1, 0.15) is 17.7 Å². The molecule has 1 unspecified atom stereocenters. The highest BCUT2D eigenvalue weighted by Gasteiger charge is 2.06. The van der Waals surface area contributed by atoms with Crippen LogP contribution in [-0.2, 0) is 4.74 Å². The van der Waals surface area contributed by atoms with E-state index in [0.717, 1.165) is 25.5 Å². The molecule has 1 aromatic carbocycles. The normalized spacial score (nSPS) is 13.0. The van der Waals surface area contributed by atoms with E-state index >= 15 is 0 Å². The fourth-order valence-electron chi connectivity index (χ4n) is 1.85. The minimum atomic E-state index is -0.269. The summed E-state index contributed by atoms with van der Waals surface area (Å²) in [5.41, 5.74) is 0. The van der Waals surface area contributed by atoms with E-state index in [-0.39, 0.29) is 18.0 Å². The lowest BCUT2D eigenvalue weighted by Gasteiger charge is -2.18. The van der Waals surface area contributed by atoms with E-state index in [9.17, 15) is 4.39 Å². The third-order valence-electron chi connectivity index (χ3n) is 3.00. The fraction of sp³-hybridized carbons (Fsp3) is 0.588. The summed E-state index contributed by atoms with van der Waals surface area (Å²) in [6.07, 6.45) is 1.11. The second-order valence-corrected chi connectivity index (χ2v) is 5.54. The molecule has 0 bridgehead atoms. The van der Waals surface area contributed by atoms with Crippen molar-refractivity contribution < 1.29 is 13.9 Å². The van der Waals surface area contributed by atoms with Crippen molar-refractivity contribution >= 4 is 5.96 Å². The van der Waals surface area contributed by atoms with E-state index in [2.05, 4.69) is 15.6 Å². The summed E-state index contributed by atoms with van der Waals surface area (Å²) in [4.78, 5) is 4.16. The highest BCUT2D eigenvalue weighted by atomic mass is 19.1. The second kappa shape index (κ2) is 10.8. The summed E-state index contributed by atoms with van der Waals surface area (Å²) >= 11 is 0. The van der Waals surface area contributed by atoms with E-state index in [1.54, 1.807) is 19.2 Å². The predicted molar refractivity (Wildman–Crippen MR) is 91.6 cm³/mol. The molecule has 1 rings (SSSR count). The summed E-state index contributed by atoms with van der Waals surface area (Å²) in [6, 6.07) is 6.01. The zero-order valence-corrected chi connectivity index (χ0v) is 14.4. The van der Waals surface area contributed by atoms with E-state index in [1.165, 1.54) is 12.1 Å². The van der Waals surface area contributed by atoms with E-state index in [4.69, 9.17) is 9.47 Å². The lowest BCUT2D eigenvalue weighted by Crippen LogP contribution is -2.42. The molecule has 0 aliphatic rings. The molecule has 0 radical (unpaired) electrons. The topological polar surface area (TPSA) is 54.9 Å². The number of halogens is 1. The maximum absolute atomic E-state index is 12.8. The highest BCUT2D eigenvalue weighted by Crippen LogP contribution is 2.12. The van der Waals surface area contributed by atoms with Gasteiger partial charge in [-0.15, -0.1) is 0 Å². The number of rotatable bonds is 9. The first-order chi connectivity index (χ1) is 11.0. The largest absolute Gasteiger partial charge is 0.489 e. The Balaban J connectivity index is 2.21. The van der Waals surface area contributed by atoms with Crippen molar-refractivity contribution in [3.63, 3.8) is 0 Å². The van der Waals surface area contributed by atoms with Crippen LogP contribution < -0.4 is 15.4 Å². The van der Waals surface area contributed by atoms with Crippen LogP contribution in [0.3, 0.4) is 0 Å². The first-order valence-electron chi connectivity index (χ1n) is 7.99. The molecule has 130 valence electrons. The van der Waals surface area contributed by atoms with Crippen LogP contribution >= 0.6 is 0 Å². The van der Waals surface area contributed by atoms with Crippen LogP contribution in [0.15, 0.2) is 29.3 Å². The van der Waals surface area contributed by atoms with Crippen molar-refractivity contribution in [2.45, 2.75) is 39.4 Å². The Hall–Kier alpha value is -1.82. The molecule has 0 saturated carbocycles. The quantitative estimate of drug-likeness (QED) is 0.416. The minimum absolute atomic E-state index is 0.0664. The standard InChI is InChI=1S/C17H28FN3O2/c1-13(2)22-11-5-10-20-17(19-4)21-12-14(3)23-16-8-6-15(18)7-9-16/h6-9,13-14H,5,10-12H2,1-4H3,(H2,19,20,21). The molecule has 1 aromatic rings. The second-order valence-electron chi connectivity index (χ2n) is 5.54. The van der Waals surface area contributed by atoms with Crippen LogP contribution in [0.25, 0.3) is 0 Å². The Kier molecular flexibility index (Phi) is 9.05. The van der Waals surface area contributed by atoms with Gasteiger partial charge in [-0.05, 0) is 51.5 Å². The van der Waals surface area contributed by atoms with E-state index < -0.39 is 0 Å². The Morgan fingerprint density at radius 3 is 2.48 bits per heavy atom. The first kappa shape index (κ1) is 19.2. The van der Waals surface area contributed by atoms with Crippen molar-refractivity contribution in [3.05, 3.63) is 30.1 Å². The fourth-order valence-corrected chi connectivity index (χ4v) is 1.85. The van der Waals surface area contributed by atoms with Crippen LogP contribution in [0.4, 0.5) is 4.39 Å². The molecular formula is C17H28FN3O2. The first-order valence-corrected chi connectivity index (χ1v) is 7.99. The van der Waals surface area contributed by atoms with Crippen molar-refractivity contribution in [3.8, 4) is 5.75 Å². The van der Waals surface area contributed by atoms with E-state index in [1.807, 2.05) is 20.8 Å². The van der Waals surface area contributed by atoms with Crippen molar-refractivity contribution in [1.82, 2.24) is 10.6 Å². The molecule has 0 saturated heterocycles. The number of nitrogens with zero attached hydrogens (tertiary/aromatic N) is 1. The summed E-state index contributed by atoms with van der Waals surface area (Å²) < 4.78 is 24.0. The van der Waals surface area contributed by atoms with Gasteiger partial charge in [-0.1, -0.05) is 0 Å². The number of ether oxygens (including phenoxy) is 2. The summed E-state index contributed by atoms with van der Waals surface area (Å²) in [7, 11) is 1.73. The molecule has 0 amide bonds. The average molecular weight is 325 g/mol. The number of guanidine groups is 1. The summed E-state index contributed by atoms with van der Waals surface area (Å²) in [5, 5.41) is 6.42. The number of aliphatic imine (C=N–C) groups is 1. The molecule has 1 atom stereocenters. The maximum Gasteiger partial charge on any atom is 0.191 e. The number of benzene rings is 1. The van der Waals surface area contributed by atoms with Gasteiger partial charge in [0.05, 0.1) is 12.6 Å². The Morgan fingerprint density at radius 2 is 1.87 bits per heavy atom. The molecule has 0 spiro atoms. The van der Waals surface area contributed by atoms with Crippen molar-refractivity contribution in [1.29, 1.82) is 0 Å². The van der Waals surface area contributed by atoms with Crippen LogP contribution in [0.2, 0.25) is 0 Å². The molecule has 0 aromatic heterocycles. The van der Waals surface area contributed by atoms with Gasteiger partial charge in [0, 0.05) is 20.2 Å². The summed E-state index contributed by atoms with van der Waals surface area (Å²) in [5.74, 6) is 1.10. The number of hydrogen-bond donors (Lipinski definition) is 2. The molecule has 0 heterocycles. The Bertz CT molecular complexity index is 463. The number of hydrogen-bond acceptors (Lipinski definition) is 3. The molecule has 0 fully saturated rings. The predicted octanol–water partition coefficient (Wildman–Crippen LogP) is 2.57. The Morgan fingerprint density at radius 1 is 1.17 bits per heavy atom. The van der Waals surface area contributed by atoms with E-state index in [0.29, 0.717) is 12.3 Å². The van der Waals surface area contributed by atoms with Crippen LogP contribution in [-0.4, -0.2) is 44.9 Å². The molecule has 2 N–H and O–H groups in total. The molecule has 5 nitrogen and oxygen atoms in total. The molecule has 23 heavy (non-hydrogen) atoms. The van der Waals surface area contributed by atoms with Gasteiger partial charge in [0.15, 0.2) is 5.96 Å². The van der Waals surface area contributed by atoms with Gasteiger partial charge in [0.25, 0.3) is 0 Å². The van der Waals surface area contributed by atoms with Gasteiger partial charge >= 0.3 is 0 Å². The summed E-state index contributed by atoms with van der Waals surface area (Å²) in [6.45, 7) is 8.11.